The highest BCUT2D eigenvalue weighted by atomic mass is 16.4. The Balaban J connectivity index is 0.000000231. The number of pyridine rings is 2. The van der Waals surface area contributed by atoms with Crippen LogP contribution in [0.25, 0.3) is 0 Å². The van der Waals surface area contributed by atoms with E-state index >= 15 is 0 Å². The number of carbonyl (C=O) groups is 1. The zero-order valence-corrected chi connectivity index (χ0v) is 14.8. The van der Waals surface area contributed by atoms with Crippen LogP contribution in [0.3, 0.4) is 0 Å². The molecule has 2 aromatic rings. The molecule has 0 atom stereocenters. The van der Waals surface area contributed by atoms with Crippen LogP contribution >= 0.6 is 0 Å². The van der Waals surface area contributed by atoms with Gasteiger partial charge < -0.3 is 5.11 Å². The van der Waals surface area contributed by atoms with Gasteiger partial charge in [-0.1, -0.05) is 33.8 Å². The van der Waals surface area contributed by atoms with Gasteiger partial charge in [0.05, 0.1) is 5.56 Å². The Bertz CT molecular complexity index is 647. The molecular formula is C19H26N2O2. The summed E-state index contributed by atoms with van der Waals surface area (Å²) in [7, 11) is 0. The first-order valence-corrected chi connectivity index (χ1v) is 7.85. The lowest BCUT2D eigenvalue weighted by molar-refractivity contribution is 0.0696. The van der Waals surface area contributed by atoms with Gasteiger partial charge in [-0.05, 0) is 49.4 Å². The zero-order valence-electron chi connectivity index (χ0n) is 14.8. The lowest BCUT2D eigenvalue weighted by atomic mass is 10.1. The summed E-state index contributed by atoms with van der Waals surface area (Å²) in [6, 6.07) is 7.56. The normalized spacial score (nSPS) is 10.4. The second-order valence-electron chi connectivity index (χ2n) is 6.22. The van der Waals surface area contributed by atoms with E-state index in [9.17, 15) is 4.79 Å². The van der Waals surface area contributed by atoms with E-state index in [1.807, 2.05) is 13.8 Å². The summed E-state index contributed by atoms with van der Waals surface area (Å²) in [4.78, 5) is 18.9. The van der Waals surface area contributed by atoms with Crippen molar-refractivity contribution in [1.82, 2.24) is 9.97 Å². The molecule has 0 spiro atoms. The molecule has 0 aromatic carbocycles. The average molecular weight is 314 g/mol. The van der Waals surface area contributed by atoms with E-state index in [0.29, 0.717) is 11.8 Å². The second-order valence-corrected chi connectivity index (χ2v) is 6.22. The van der Waals surface area contributed by atoms with E-state index in [0.717, 1.165) is 11.4 Å². The maximum Gasteiger partial charge on any atom is 0.337 e. The first-order chi connectivity index (χ1) is 10.7. The fraction of sp³-hybridized carbons (Fsp3) is 0.421. The van der Waals surface area contributed by atoms with Gasteiger partial charge in [0.2, 0.25) is 0 Å². The number of aromatic carboxylic acids is 1. The third-order valence-electron chi connectivity index (χ3n) is 3.59. The Morgan fingerprint density at radius 2 is 1.52 bits per heavy atom. The summed E-state index contributed by atoms with van der Waals surface area (Å²) in [5.74, 6) is -0.0556. The molecule has 2 aromatic heterocycles. The zero-order chi connectivity index (χ0) is 17.6. The van der Waals surface area contributed by atoms with Gasteiger partial charge in [0.25, 0.3) is 0 Å². The van der Waals surface area contributed by atoms with Crippen molar-refractivity contribution >= 4 is 5.97 Å². The number of aryl methyl sites for hydroxylation is 2. The van der Waals surface area contributed by atoms with Crippen molar-refractivity contribution in [3.63, 3.8) is 0 Å². The van der Waals surface area contributed by atoms with E-state index in [-0.39, 0.29) is 5.56 Å². The Morgan fingerprint density at radius 1 is 0.957 bits per heavy atom. The summed E-state index contributed by atoms with van der Waals surface area (Å²) < 4.78 is 0. The number of carboxylic acid groups (broad SMARTS) is 1. The van der Waals surface area contributed by atoms with E-state index in [2.05, 4.69) is 49.8 Å². The third kappa shape index (κ3) is 5.81. The lowest BCUT2D eigenvalue weighted by Gasteiger charge is -2.06. The highest BCUT2D eigenvalue weighted by Gasteiger charge is 2.04. The molecule has 0 amide bonds. The van der Waals surface area contributed by atoms with Gasteiger partial charge in [-0.15, -0.1) is 0 Å². The number of nitrogens with zero attached hydrogens (tertiary/aromatic N) is 2. The standard InChI is InChI=1S/C10H15N.C9H11NO2/c1-7(2)10-6-5-8(3)9(4)11-10;1-6(2)8-4-3-7(5-10-8)9(11)12/h5-7H,1-4H3;3-6H,1-2H3,(H,11,12). The average Bonchev–Trinajstić information content (AvgIpc) is 2.50. The van der Waals surface area contributed by atoms with Gasteiger partial charge >= 0.3 is 5.97 Å². The molecule has 0 radical (unpaired) electrons. The van der Waals surface area contributed by atoms with Gasteiger partial charge in [-0.2, -0.15) is 0 Å². The van der Waals surface area contributed by atoms with Gasteiger partial charge in [-0.25, -0.2) is 4.79 Å². The highest BCUT2D eigenvalue weighted by Crippen LogP contribution is 2.13. The fourth-order valence-electron chi connectivity index (χ4n) is 1.84. The molecule has 124 valence electrons. The van der Waals surface area contributed by atoms with E-state index in [1.54, 1.807) is 12.1 Å². The van der Waals surface area contributed by atoms with Crippen LogP contribution < -0.4 is 0 Å². The van der Waals surface area contributed by atoms with Crippen LogP contribution in [0.1, 0.15) is 72.5 Å². The predicted octanol–water partition coefficient (Wildman–Crippen LogP) is 4.73. The van der Waals surface area contributed by atoms with Gasteiger partial charge in [0.1, 0.15) is 0 Å². The molecule has 0 unspecified atom stereocenters. The maximum atomic E-state index is 10.4. The molecule has 4 nitrogen and oxygen atoms in total. The van der Waals surface area contributed by atoms with Crippen LogP contribution in [-0.2, 0) is 0 Å². The number of rotatable bonds is 3. The third-order valence-corrected chi connectivity index (χ3v) is 3.59. The molecule has 0 aliphatic carbocycles. The van der Waals surface area contributed by atoms with E-state index in [4.69, 9.17) is 5.11 Å². The van der Waals surface area contributed by atoms with Gasteiger partial charge in [0, 0.05) is 23.3 Å². The van der Waals surface area contributed by atoms with E-state index in [1.165, 1.54) is 17.5 Å². The quantitative estimate of drug-likeness (QED) is 0.890. The van der Waals surface area contributed by atoms with Crippen molar-refractivity contribution in [3.8, 4) is 0 Å². The summed E-state index contributed by atoms with van der Waals surface area (Å²) in [5.41, 5.74) is 4.76. The van der Waals surface area contributed by atoms with Crippen molar-refractivity contribution < 1.29 is 9.90 Å². The van der Waals surface area contributed by atoms with Crippen molar-refractivity contribution in [2.24, 2.45) is 0 Å². The molecule has 0 aliphatic heterocycles. The Labute approximate surface area is 138 Å². The molecule has 0 aliphatic rings. The highest BCUT2D eigenvalue weighted by molar-refractivity contribution is 5.87. The predicted molar refractivity (Wildman–Crippen MR) is 93.1 cm³/mol. The van der Waals surface area contributed by atoms with Crippen LogP contribution in [0.2, 0.25) is 0 Å². The molecule has 4 heteroatoms. The topological polar surface area (TPSA) is 63.1 Å². The fourth-order valence-corrected chi connectivity index (χ4v) is 1.84. The smallest absolute Gasteiger partial charge is 0.337 e. The van der Waals surface area contributed by atoms with Crippen LogP contribution in [0, 0.1) is 13.8 Å². The van der Waals surface area contributed by atoms with Gasteiger partial charge in [0.15, 0.2) is 0 Å². The maximum absolute atomic E-state index is 10.4. The second kappa shape index (κ2) is 8.42. The summed E-state index contributed by atoms with van der Waals surface area (Å²) in [5, 5.41) is 8.57. The SMILES string of the molecule is CC(C)c1ccc(C(=O)O)cn1.Cc1ccc(C(C)C)nc1C. The Hall–Kier alpha value is -2.23. The minimum absolute atomic E-state index is 0.236. The molecular weight excluding hydrogens is 288 g/mol. The molecule has 0 bridgehead atoms. The number of aromatic nitrogens is 2. The molecule has 1 N–H and O–H groups in total. The first-order valence-electron chi connectivity index (χ1n) is 7.85. The molecule has 0 saturated heterocycles. The minimum atomic E-state index is -0.933. The van der Waals surface area contributed by atoms with Gasteiger partial charge in [-0.3, -0.25) is 9.97 Å². The van der Waals surface area contributed by atoms with Crippen molar-refractivity contribution in [2.75, 3.05) is 0 Å². The first kappa shape index (κ1) is 18.8. The Kier molecular flexibility index (Phi) is 6.89. The van der Waals surface area contributed by atoms with Crippen molar-refractivity contribution in [3.05, 3.63) is 58.7 Å². The number of hydrogen-bond donors (Lipinski definition) is 1. The Morgan fingerprint density at radius 3 is 1.91 bits per heavy atom. The molecule has 0 fully saturated rings. The monoisotopic (exact) mass is 314 g/mol. The summed E-state index contributed by atoms with van der Waals surface area (Å²) >= 11 is 0. The minimum Gasteiger partial charge on any atom is -0.478 e. The largest absolute Gasteiger partial charge is 0.478 e. The summed E-state index contributed by atoms with van der Waals surface area (Å²) in [6.45, 7) is 12.5. The van der Waals surface area contributed by atoms with Crippen LogP contribution in [0.4, 0.5) is 0 Å². The molecule has 2 rings (SSSR count). The summed E-state index contributed by atoms with van der Waals surface area (Å²) in [6.07, 6.45) is 1.39. The van der Waals surface area contributed by atoms with Crippen molar-refractivity contribution in [2.45, 2.75) is 53.4 Å². The van der Waals surface area contributed by atoms with Crippen LogP contribution in [-0.4, -0.2) is 21.0 Å². The number of carboxylic acids is 1. The van der Waals surface area contributed by atoms with Crippen LogP contribution in [0.5, 0.6) is 0 Å². The molecule has 2 heterocycles. The van der Waals surface area contributed by atoms with Crippen LogP contribution in [0.15, 0.2) is 30.5 Å². The lowest BCUT2D eigenvalue weighted by Crippen LogP contribution is -1.99. The molecule has 0 saturated carbocycles. The van der Waals surface area contributed by atoms with Crippen molar-refractivity contribution in [1.29, 1.82) is 0 Å². The van der Waals surface area contributed by atoms with E-state index < -0.39 is 5.97 Å². The molecule has 23 heavy (non-hydrogen) atoms. The number of hydrogen-bond acceptors (Lipinski definition) is 3.